The van der Waals surface area contributed by atoms with Crippen molar-refractivity contribution in [3.63, 3.8) is 0 Å². The number of nitrogens with one attached hydrogen (secondary N) is 1. The molecule has 0 spiro atoms. The minimum Gasteiger partial charge on any atom is -0.494 e. The fourth-order valence-corrected chi connectivity index (χ4v) is 1.91. The Morgan fingerprint density at radius 2 is 1.65 bits per heavy atom. The molecule has 0 bridgehead atoms. The lowest BCUT2D eigenvalue weighted by atomic mass is 10.2. The third kappa shape index (κ3) is 5.73. The molecular weight excluding hydrogens is 210 g/mol. The van der Waals surface area contributed by atoms with Crippen LogP contribution in [-0.4, -0.2) is 26.2 Å². The Morgan fingerprint density at radius 1 is 1.00 bits per heavy atom. The Hall–Kier alpha value is -1.02. The number of rotatable bonds is 8. The van der Waals surface area contributed by atoms with Gasteiger partial charge in [0.05, 0.1) is 26.2 Å². The van der Waals surface area contributed by atoms with E-state index in [9.17, 15) is 0 Å². The van der Waals surface area contributed by atoms with E-state index in [1.165, 1.54) is 31.6 Å². The number of benzene rings is 1. The monoisotopic (exact) mass is 236 g/mol. The molecule has 0 saturated heterocycles. The maximum atomic E-state index is 5.70. The van der Waals surface area contributed by atoms with Crippen molar-refractivity contribution in [3.8, 4) is 5.75 Å². The van der Waals surface area contributed by atoms with Gasteiger partial charge in [0.25, 0.3) is 0 Å². The molecule has 1 aromatic rings. The van der Waals surface area contributed by atoms with Crippen molar-refractivity contribution in [2.45, 2.75) is 33.6 Å². The molecule has 0 atom stereocenters. The normalized spacial score (nSPS) is 10.8. The van der Waals surface area contributed by atoms with Gasteiger partial charge in [-0.25, -0.2) is 0 Å². The highest BCUT2D eigenvalue weighted by Crippen LogP contribution is 2.11. The summed E-state index contributed by atoms with van der Waals surface area (Å²) in [5.74, 6) is 0.991. The molecule has 0 fully saturated rings. The molecule has 0 radical (unpaired) electrons. The molecule has 1 aromatic carbocycles. The summed E-state index contributed by atoms with van der Waals surface area (Å²) in [6.07, 6.45) is 2.40. The largest absolute Gasteiger partial charge is 0.494 e. The fourth-order valence-electron chi connectivity index (χ4n) is 1.91. The first-order valence-corrected chi connectivity index (χ1v) is 6.79. The van der Waals surface area contributed by atoms with Crippen LogP contribution in [0, 0.1) is 6.92 Å². The Kier molecular flexibility index (Phi) is 6.71. The second-order valence-electron chi connectivity index (χ2n) is 4.58. The van der Waals surface area contributed by atoms with Crippen LogP contribution in [0.4, 0.5) is 0 Å². The van der Waals surface area contributed by atoms with E-state index in [-0.39, 0.29) is 0 Å². The molecule has 0 unspecified atom stereocenters. The molecule has 0 aliphatic heterocycles. The van der Waals surface area contributed by atoms with Crippen molar-refractivity contribution >= 4 is 0 Å². The molecule has 0 saturated carbocycles. The summed E-state index contributed by atoms with van der Waals surface area (Å²) >= 11 is 0. The van der Waals surface area contributed by atoms with E-state index >= 15 is 0 Å². The van der Waals surface area contributed by atoms with Gasteiger partial charge in [0.15, 0.2) is 0 Å². The van der Waals surface area contributed by atoms with E-state index in [1.54, 1.807) is 4.90 Å². The van der Waals surface area contributed by atoms with E-state index < -0.39 is 0 Å². The maximum Gasteiger partial charge on any atom is 0.119 e. The average Bonchev–Trinajstić information content (AvgIpc) is 2.36. The number of hydrogen-bond donors (Lipinski definition) is 1. The van der Waals surface area contributed by atoms with E-state index in [4.69, 9.17) is 4.74 Å². The van der Waals surface area contributed by atoms with Gasteiger partial charge in [0, 0.05) is 0 Å². The molecule has 96 valence electrons. The third-order valence-corrected chi connectivity index (χ3v) is 3.21. The molecule has 2 nitrogen and oxygen atoms in total. The van der Waals surface area contributed by atoms with Gasteiger partial charge in [-0.2, -0.15) is 0 Å². The lowest BCUT2D eigenvalue weighted by Crippen LogP contribution is -3.11. The summed E-state index contributed by atoms with van der Waals surface area (Å²) in [6.45, 7) is 11.2. The molecule has 0 aliphatic carbocycles. The third-order valence-electron chi connectivity index (χ3n) is 3.21. The van der Waals surface area contributed by atoms with Crippen LogP contribution < -0.4 is 9.64 Å². The van der Waals surface area contributed by atoms with Crippen molar-refractivity contribution in [2.75, 3.05) is 26.2 Å². The van der Waals surface area contributed by atoms with Crippen LogP contribution in [0.1, 0.15) is 32.3 Å². The van der Waals surface area contributed by atoms with E-state index in [2.05, 4.69) is 32.9 Å². The topological polar surface area (TPSA) is 13.7 Å². The van der Waals surface area contributed by atoms with Gasteiger partial charge < -0.3 is 9.64 Å². The highest BCUT2D eigenvalue weighted by Gasteiger charge is 2.01. The Labute approximate surface area is 106 Å². The van der Waals surface area contributed by atoms with Crippen LogP contribution in [-0.2, 0) is 0 Å². The minimum absolute atomic E-state index is 0.837. The Bertz CT molecular complexity index is 290. The summed E-state index contributed by atoms with van der Waals surface area (Å²) in [5.41, 5.74) is 1.28. The quantitative estimate of drug-likeness (QED) is 0.682. The molecule has 17 heavy (non-hydrogen) atoms. The zero-order chi connectivity index (χ0) is 12.5. The standard InChI is InChI=1S/C15H25NO/c1-4-16(5-2)12-6-7-13-17-15-10-8-14(3)9-11-15/h8-11H,4-7,12-13H2,1-3H3/p+1. The maximum absolute atomic E-state index is 5.70. The van der Waals surface area contributed by atoms with E-state index in [0.717, 1.165) is 18.8 Å². The molecule has 0 amide bonds. The fraction of sp³-hybridized carbons (Fsp3) is 0.600. The zero-order valence-electron chi connectivity index (χ0n) is 11.5. The van der Waals surface area contributed by atoms with Gasteiger partial charge >= 0.3 is 0 Å². The number of quaternary nitrogens is 1. The van der Waals surface area contributed by atoms with Crippen LogP contribution in [0.25, 0.3) is 0 Å². The summed E-state index contributed by atoms with van der Waals surface area (Å²) in [5, 5.41) is 0. The highest BCUT2D eigenvalue weighted by molar-refractivity contribution is 5.26. The van der Waals surface area contributed by atoms with Crippen LogP contribution in [0.3, 0.4) is 0 Å². The lowest BCUT2D eigenvalue weighted by Gasteiger charge is -2.15. The second kappa shape index (κ2) is 8.13. The van der Waals surface area contributed by atoms with Gasteiger partial charge in [-0.05, 0) is 45.7 Å². The van der Waals surface area contributed by atoms with E-state index in [1.807, 2.05) is 12.1 Å². The first-order valence-electron chi connectivity index (χ1n) is 6.79. The van der Waals surface area contributed by atoms with Crippen LogP contribution >= 0.6 is 0 Å². The highest BCUT2D eigenvalue weighted by atomic mass is 16.5. The first kappa shape index (κ1) is 14.0. The number of hydrogen-bond acceptors (Lipinski definition) is 1. The summed E-state index contributed by atoms with van der Waals surface area (Å²) in [4.78, 5) is 1.68. The Balaban J connectivity index is 2.10. The number of aryl methyl sites for hydroxylation is 1. The van der Waals surface area contributed by atoms with Crippen LogP contribution in [0.2, 0.25) is 0 Å². The second-order valence-corrected chi connectivity index (χ2v) is 4.58. The SMILES string of the molecule is CC[NH+](CC)CCCCOc1ccc(C)cc1. The first-order chi connectivity index (χ1) is 8.26. The smallest absolute Gasteiger partial charge is 0.119 e. The van der Waals surface area contributed by atoms with Crippen molar-refractivity contribution in [2.24, 2.45) is 0 Å². The predicted molar refractivity (Wildman–Crippen MR) is 72.8 cm³/mol. The van der Waals surface area contributed by atoms with Gasteiger partial charge in [-0.1, -0.05) is 17.7 Å². The minimum atomic E-state index is 0.837. The number of ether oxygens (including phenoxy) is 1. The molecule has 0 aliphatic rings. The van der Waals surface area contributed by atoms with Gasteiger partial charge in [-0.15, -0.1) is 0 Å². The van der Waals surface area contributed by atoms with Crippen LogP contribution in [0.15, 0.2) is 24.3 Å². The number of unbranched alkanes of at least 4 members (excludes halogenated alkanes) is 1. The average molecular weight is 236 g/mol. The summed E-state index contributed by atoms with van der Waals surface area (Å²) in [6, 6.07) is 8.28. The van der Waals surface area contributed by atoms with Crippen LogP contribution in [0.5, 0.6) is 5.75 Å². The molecular formula is C15H26NO+. The Morgan fingerprint density at radius 3 is 2.24 bits per heavy atom. The lowest BCUT2D eigenvalue weighted by molar-refractivity contribution is -0.896. The molecule has 1 N–H and O–H groups in total. The zero-order valence-corrected chi connectivity index (χ0v) is 11.5. The molecule has 1 rings (SSSR count). The van der Waals surface area contributed by atoms with Crippen molar-refractivity contribution < 1.29 is 9.64 Å². The molecule has 2 heteroatoms. The summed E-state index contributed by atoms with van der Waals surface area (Å²) in [7, 11) is 0. The van der Waals surface area contributed by atoms with Crippen molar-refractivity contribution in [1.82, 2.24) is 0 Å². The molecule has 0 heterocycles. The van der Waals surface area contributed by atoms with Gasteiger partial charge in [0.1, 0.15) is 5.75 Å². The van der Waals surface area contributed by atoms with Gasteiger partial charge in [0.2, 0.25) is 0 Å². The van der Waals surface area contributed by atoms with E-state index in [0.29, 0.717) is 0 Å². The summed E-state index contributed by atoms with van der Waals surface area (Å²) < 4.78 is 5.70. The van der Waals surface area contributed by atoms with Crippen molar-refractivity contribution in [1.29, 1.82) is 0 Å². The molecule has 0 aromatic heterocycles. The van der Waals surface area contributed by atoms with Gasteiger partial charge in [-0.3, -0.25) is 0 Å². The predicted octanol–water partition coefficient (Wildman–Crippen LogP) is 2.08. The van der Waals surface area contributed by atoms with Crippen molar-refractivity contribution in [3.05, 3.63) is 29.8 Å².